The van der Waals surface area contributed by atoms with Gasteiger partial charge < -0.3 is 4.74 Å². The maximum absolute atomic E-state index is 12.7. The Labute approximate surface area is 82.8 Å². The summed E-state index contributed by atoms with van der Waals surface area (Å²) in [6.45, 7) is 0. The van der Waals surface area contributed by atoms with Gasteiger partial charge in [0.05, 0.1) is 4.47 Å². The molecule has 0 bridgehead atoms. The summed E-state index contributed by atoms with van der Waals surface area (Å²) in [4.78, 5) is 2.92. The number of hydrogen-bond acceptors (Lipinski definition) is 2. The van der Waals surface area contributed by atoms with E-state index in [1.165, 1.54) is 0 Å². The van der Waals surface area contributed by atoms with Crippen molar-refractivity contribution in [3.63, 3.8) is 0 Å². The Morgan fingerprint density at radius 3 is 2.29 bits per heavy atom. The first-order valence-electron chi connectivity index (χ1n) is 3.06. The molecule has 0 spiro atoms. The van der Waals surface area contributed by atoms with E-state index in [4.69, 9.17) is 0 Å². The molecule has 0 atom stereocenters. The lowest BCUT2D eigenvalue weighted by molar-refractivity contribution is -0.277. The van der Waals surface area contributed by atoms with E-state index in [0.717, 1.165) is 0 Å². The highest BCUT2D eigenvalue weighted by Crippen LogP contribution is 2.27. The van der Waals surface area contributed by atoms with E-state index in [1.54, 1.807) is 0 Å². The van der Waals surface area contributed by atoms with Crippen molar-refractivity contribution in [1.29, 1.82) is 0 Å². The zero-order chi connectivity index (χ0) is 10.9. The number of alkyl halides is 3. The van der Waals surface area contributed by atoms with Crippen LogP contribution in [0.1, 0.15) is 0 Å². The van der Waals surface area contributed by atoms with Crippen molar-refractivity contribution < 1.29 is 26.7 Å². The molecule has 1 rings (SSSR count). The van der Waals surface area contributed by atoms with Crippen LogP contribution in [0, 0.1) is 11.6 Å². The Morgan fingerprint density at radius 2 is 1.79 bits per heavy atom. The summed E-state index contributed by atoms with van der Waals surface area (Å²) in [6, 6.07) is 0. The van der Waals surface area contributed by atoms with Crippen molar-refractivity contribution in [2.24, 2.45) is 0 Å². The fourth-order valence-corrected chi connectivity index (χ4v) is 0.885. The smallest absolute Gasteiger partial charge is 0.385 e. The standard InChI is InChI=1S/C6HBrF5NO/c7-2-1-13-5(4(9)3(2)8)14-6(10,11)12/h1H. The number of hydrogen-bond donors (Lipinski definition) is 0. The first-order chi connectivity index (χ1) is 6.31. The van der Waals surface area contributed by atoms with Crippen LogP contribution in [0.15, 0.2) is 10.7 Å². The second kappa shape index (κ2) is 3.68. The molecule has 14 heavy (non-hydrogen) atoms. The number of rotatable bonds is 1. The normalized spacial score (nSPS) is 11.6. The first kappa shape index (κ1) is 11.2. The van der Waals surface area contributed by atoms with Gasteiger partial charge in [0.25, 0.3) is 5.88 Å². The average Bonchev–Trinajstić information content (AvgIpc) is 2.04. The van der Waals surface area contributed by atoms with Gasteiger partial charge in [-0.3, -0.25) is 0 Å². The minimum Gasteiger partial charge on any atom is -0.385 e. The minimum atomic E-state index is -5.10. The van der Waals surface area contributed by atoms with E-state index in [1.807, 2.05) is 0 Å². The number of nitrogens with zero attached hydrogens (tertiary/aromatic N) is 1. The van der Waals surface area contributed by atoms with Crippen molar-refractivity contribution in [2.75, 3.05) is 0 Å². The van der Waals surface area contributed by atoms with Gasteiger partial charge in [0.2, 0.25) is 5.82 Å². The van der Waals surface area contributed by atoms with Crippen LogP contribution in [0.25, 0.3) is 0 Å². The first-order valence-corrected chi connectivity index (χ1v) is 3.86. The van der Waals surface area contributed by atoms with Crippen molar-refractivity contribution in [3.05, 3.63) is 22.3 Å². The fraction of sp³-hybridized carbons (Fsp3) is 0.167. The van der Waals surface area contributed by atoms with E-state index < -0.39 is 23.9 Å². The van der Waals surface area contributed by atoms with Crippen LogP contribution in [0.4, 0.5) is 22.0 Å². The highest BCUT2D eigenvalue weighted by atomic mass is 79.9. The Balaban J connectivity index is 3.06. The molecule has 0 N–H and O–H groups in total. The molecule has 0 aliphatic carbocycles. The van der Waals surface area contributed by atoms with Gasteiger partial charge in [-0.1, -0.05) is 0 Å². The average molecular weight is 278 g/mol. The van der Waals surface area contributed by atoms with Crippen LogP contribution in [0.5, 0.6) is 5.88 Å². The van der Waals surface area contributed by atoms with Crippen LogP contribution in [-0.2, 0) is 0 Å². The van der Waals surface area contributed by atoms with E-state index in [0.29, 0.717) is 6.20 Å². The maximum atomic E-state index is 12.7. The number of pyridine rings is 1. The zero-order valence-corrected chi connectivity index (χ0v) is 7.79. The Morgan fingerprint density at radius 1 is 1.21 bits per heavy atom. The van der Waals surface area contributed by atoms with Gasteiger partial charge in [0.1, 0.15) is 0 Å². The molecule has 0 saturated carbocycles. The van der Waals surface area contributed by atoms with Crippen LogP contribution in [-0.4, -0.2) is 11.3 Å². The minimum absolute atomic E-state index is 0.385. The van der Waals surface area contributed by atoms with Gasteiger partial charge in [-0.05, 0) is 15.9 Å². The summed E-state index contributed by atoms with van der Waals surface area (Å²) in [5.41, 5.74) is 0. The Bertz CT molecular complexity index is 353. The molecule has 1 aromatic heterocycles. The monoisotopic (exact) mass is 277 g/mol. The summed E-state index contributed by atoms with van der Waals surface area (Å²) in [7, 11) is 0. The lowest BCUT2D eigenvalue weighted by Crippen LogP contribution is -2.19. The van der Waals surface area contributed by atoms with Gasteiger partial charge in [-0.25, -0.2) is 9.37 Å². The Kier molecular flexibility index (Phi) is 2.93. The van der Waals surface area contributed by atoms with E-state index in [-0.39, 0.29) is 4.47 Å². The third kappa shape index (κ3) is 2.53. The molecule has 0 fully saturated rings. The predicted octanol–water partition coefficient (Wildman–Crippen LogP) is 3.02. The lowest BCUT2D eigenvalue weighted by atomic mass is 10.4. The van der Waals surface area contributed by atoms with Crippen LogP contribution in [0.3, 0.4) is 0 Å². The topological polar surface area (TPSA) is 22.1 Å². The number of ether oxygens (including phenoxy) is 1. The molecule has 0 amide bonds. The maximum Gasteiger partial charge on any atom is 0.574 e. The SMILES string of the molecule is Fc1c(Br)cnc(OC(F)(F)F)c1F. The van der Waals surface area contributed by atoms with Gasteiger partial charge in [-0.2, -0.15) is 4.39 Å². The largest absolute Gasteiger partial charge is 0.574 e. The van der Waals surface area contributed by atoms with Crippen molar-refractivity contribution >= 4 is 15.9 Å². The molecular weight excluding hydrogens is 277 g/mol. The second-order valence-corrected chi connectivity index (χ2v) is 2.94. The van der Waals surface area contributed by atoms with E-state index in [2.05, 4.69) is 25.7 Å². The van der Waals surface area contributed by atoms with Crippen molar-refractivity contribution in [2.45, 2.75) is 6.36 Å². The molecule has 0 aliphatic rings. The predicted molar refractivity (Wildman–Crippen MR) is 38.5 cm³/mol. The highest BCUT2D eigenvalue weighted by molar-refractivity contribution is 9.10. The van der Waals surface area contributed by atoms with Crippen molar-refractivity contribution in [3.8, 4) is 5.88 Å². The summed E-state index contributed by atoms with van der Waals surface area (Å²) < 4.78 is 62.9. The molecule has 0 unspecified atom stereocenters. The third-order valence-corrected chi connectivity index (χ3v) is 1.65. The summed E-state index contributed by atoms with van der Waals surface area (Å²) in [5.74, 6) is -4.73. The molecule has 0 saturated heterocycles. The molecule has 8 heteroatoms. The molecule has 78 valence electrons. The second-order valence-electron chi connectivity index (χ2n) is 2.09. The zero-order valence-electron chi connectivity index (χ0n) is 6.20. The Hall–Kier alpha value is -0.920. The molecular formula is C6HBrF5NO. The van der Waals surface area contributed by atoms with Crippen molar-refractivity contribution in [1.82, 2.24) is 4.98 Å². The van der Waals surface area contributed by atoms with E-state index in [9.17, 15) is 22.0 Å². The van der Waals surface area contributed by atoms with Crippen LogP contribution >= 0.6 is 15.9 Å². The van der Waals surface area contributed by atoms with Crippen LogP contribution in [0.2, 0.25) is 0 Å². The molecule has 1 heterocycles. The van der Waals surface area contributed by atoms with Crippen LogP contribution < -0.4 is 4.74 Å². The van der Waals surface area contributed by atoms with Gasteiger partial charge in [-0.15, -0.1) is 13.2 Å². The van der Waals surface area contributed by atoms with Gasteiger partial charge >= 0.3 is 6.36 Å². The highest BCUT2D eigenvalue weighted by Gasteiger charge is 2.34. The summed E-state index contributed by atoms with van der Waals surface area (Å²) in [5, 5.41) is 0. The van der Waals surface area contributed by atoms with E-state index >= 15 is 0 Å². The molecule has 0 aromatic carbocycles. The number of aromatic nitrogens is 1. The third-order valence-electron chi connectivity index (χ3n) is 1.10. The summed E-state index contributed by atoms with van der Waals surface area (Å²) >= 11 is 2.55. The van der Waals surface area contributed by atoms with Gasteiger partial charge in [0.15, 0.2) is 5.82 Å². The summed E-state index contributed by atoms with van der Waals surface area (Å²) in [6.07, 6.45) is -4.44. The quantitative estimate of drug-likeness (QED) is 0.737. The number of halogens is 6. The fourth-order valence-electron chi connectivity index (χ4n) is 0.608. The molecule has 1 aromatic rings. The lowest BCUT2D eigenvalue weighted by Gasteiger charge is -2.08. The molecule has 2 nitrogen and oxygen atoms in total. The van der Waals surface area contributed by atoms with Gasteiger partial charge in [0, 0.05) is 6.20 Å². The molecule has 0 aliphatic heterocycles. The molecule has 0 radical (unpaired) electrons.